The number of amides is 1. The van der Waals surface area contributed by atoms with Gasteiger partial charge in [0.1, 0.15) is 11.4 Å². The van der Waals surface area contributed by atoms with Crippen LogP contribution in [0.25, 0.3) is 5.65 Å². The molecule has 1 amide bonds. The molecule has 1 N–H and O–H groups in total. The van der Waals surface area contributed by atoms with Crippen LogP contribution in [0, 0.1) is 6.92 Å². The Bertz CT molecular complexity index is 806. The lowest BCUT2D eigenvalue weighted by molar-refractivity contribution is 0.0993. The fourth-order valence-corrected chi connectivity index (χ4v) is 2.23. The van der Waals surface area contributed by atoms with Crippen molar-refractivity contribution in [2.24, 2.45) is 0 Å². The Hall–Kier alpha value is -2.82. The summed E-state index contributed by atoms with van der Waals surface area (Å²) in [5.74, 6) is 0.0534. The molecule has 0 aliphatic carbocycles. The average molecular weight is 281 g/mol. The highest BCUT2D eigenvalue weighted by atomic mass is 16.3. The van der Waals surface area contributed by atoms with E-state index in [1.807, 2.05) is 23.7 Å². The molecule has 2 heterocycles. The minimum atomic E-state index is -0.121. The summed E-state index contributed by atoms with van der Waals surface area (Å²) in [5, 5.41) is 9.30. The van der Waals surface area contributed by atoms with Gasteiger partial charge in [-0.25, -0.2) is 4.98 Å². The zero-order valence-corrected chi connectivity index (χ0v) is 11.8. The molecule has 0 atom stereocenters. The molecule has 5 nitrogen and oxygen atoms in total. The van der Waals surface area contributed by atoms with Crippen LogP contribution in [0.4, 0.5) is 5.69 Å². The topological polar surface area (TPSA) is 57.8 Å². The molecule has 0 aliphatic heterocycles. The van der Waals surface area contributed by atoms with Gasteiger partial charge in [0.15, 0.2) is 0 Å². The van der Waals surface area contributed by atoms with Crippen LogP contribution in [-0.4, -0.2) is 27.4 Å². The molecule has 0 unspecified atom stereocenters. The first kappa shape index (κ1) is 13.2. The summed E-state index contributed by atoms with van der Waals surface area (Å²) in [4.78, 5) is 18.4. The van der Waals surface area contributed by atoms with E-state index in [-0.39, 0.29) is 11.7 Å². The minimum absolute atomic E-state index is 0.121. The maximum Gasteiger partial charge on any atom is 0.258 e. The number of anilines is 1. The van der Waals surface area contributed by atoms with Crippen molar-refractivity contribution in [1.29, 1.82) is 0 Å². The van der Waals surface area contributed by atoms with E-state index in [4.69, 9.17) is 0 Å². The number of nitrogens with zero attached hydrogens (tertiary/aromatic N) is 3. The molecule has 0 saturated carbocycles. The summed E-state index contributed by atoms with van der Waals surface area (Å²) in [6, 6.07) is 10.1. The van der Waals surface area contributed by atoms with Gasteiger partial charge in [-0.15, -0.1) is 0 Å². The highest BCUT2D eigenvalue weighted by Gasteiger charge is 2.14. The van der Waals surface area contributed by atoms with Crippen molar-refractivity contribution in [2.45, 2.75) is 6.92 Å². The monoisotopic (exact) mass is 281 g/mol. The molecular formula is C16H15N3O2. The number of carbonyl (C=O) groups excluding carboxylic acids is 1. The van der Waals surface area contributed by atoms with E-state index in [1.54, 1.807) is 48.3 Å². The Morgan fingerprint density at radius 1 is 1.24 bits per heavy atom. The fraction of sp³-hybridized carbons (Fsp3) is 0.125. The quantitative estimate of drug-likeness (QED) is 0.785. The molecule has 21 heavy (non-hydrogen) atoms. The summed E-state index contributed by atoms with van der Waals surface area (Å²) in [6.07, 6.45) is 3.74. The number of aromatic hydroxyl groups is 1. The van der Waals surface area contributed by atoms with Gasteiger partial charge in [-0.3, -0.25) is 4.79 Å². The zero-order valence-electron chi connectivity index (χ0n) is 11.8. The third-order valence-electron chi connectivity index (χ3n) is 3.37. The van der Waals surface area contributed by atoms with E-state index in [0.717, 1.165) is 17.0 Å². The molecule has 3 rings (SSSR count). The molecule has 0 fully saturated rings. The van der Waals surface area contributed by atoms with Gasteiger partial charge in [0.2, 0.25) is 0 Å². The number of benzene rings is 1. The molecule has 1 aromatic carbocycles. The van der Waals surface area contributed by atoms with Crippen molar-refractivity contribution >= 4 is 17.2 Å². The second-order valence-electron chi connectivity index (χ2n) is 4.94. The Labute approximate surface area is 122 Å². The van der Waals surface area contributed by atoms with Crippen LogP contribution in [0.15, 0.2) is 48.8 Å². The largest absolute Gasteiger partial charge is 0.508 e. The van der Waals surface area contributed by atoms with Crippen LogP contribution in [0.2, 0.25) is 0 Å². The van der Waals surface area contributed by atoms with Crippen molar-refractivity contribution in [3.05, 3.63) is 60.0 Å². The number of pyridine rings is 1. The first-order chi connectivity index (χ1) is 10.0. The van der Waals surface area contributed by atoms with Crippen molar-refractivity contribution in [2.75, 3.05) is 11.9 Å². The Morgan fingerprint density at radius 2 is 1.95 bits per heavy atom. The van der Waals surface area contributed by atoms with E-state index < -0.39 is 0 Å². The molecule has 0 radical (unpaired) electrons. The highest BCUT2D eigenvalue weighted by molar-refractivity contribution is 6.06. The van der Waals surface area contributed by atoms with Gasteiger partial charge in [0.25, 0.3) is 5.91 Å². The predicted molar refractivity (Wildman–Crippen MR) is 80.8 cm³/mol. The number of phenols is 1. The van der Waals surface area contributed by atoms with Gasteiger partial charge in [-0.05, 0) is 43.3 Å². The third kappa shape index (κ3) is 2.45. The van der Waals surface area contributed by atoms with Crippen molar-refractivity contribution in [3.8, 4) is 5.75 Å². The van der Waals surface area contributed by atoms with Crippen molar-refractivity contribution in [3.63, 3.8) is 0 Å². The van der Waals surface area contributed by atoms with Crippen LogP contribution in [0.5, 0.6) is 5.75 Å². The van der Waals surface area contributed by atoms with Crippen LogP contribution in [0.3, 0.4) is 0 Å². The molecule has 0 bridgehead atoms. The van der Waals surface area contributed by atoms with Crippen LogP contribution in [0.1, 0.15) is 16.1 Å². The number of hydrogen-bond acceptors (Lipinski definition) is 3. The fourth-order valence-electron chi connectivity index (χ4n) is 2.23. The van der Waals surface area contributed by atoms with Crippen LogP contribution in [-0.2, 0) is 0 Å². The lowest BCUT2D eigenvalue weighted by Gasteiger charge is -2.17. The van der Waals surface area contributed by atoms with Gasteiger partial charge in [0.05, 0.1) is 5.69 Å². The first-order valence-electron chi connectivity index (χ1n) is 6.57. The smallest absolute Gasteiger partial charge is 0.258 e. The second-order valence-corrected chi connectivity index (χ2v) is 4.94. The van der Waals surface area contributed by atoms with E-state index in [9.17, 15) is 9.90 Å². The van der Waals surface area contributed by atoms with Gasteiger partial charge >= 0.3 is 0 Å². The summed E-state index contributed by atoms with van der Waals surface area (Å²) in [6.45, 7) is 1.91. The van der Waals surface area contributed by atoms with Crippen LogP contribution < -0.4 is 4.90 Å². The molecule has 2 aromatic heterocycles. The maximum absolute atomic E-state index is 12.5. The lowest BCUT2D eigenvalue weighted by Crippen LogP contribution is -2.26. The number of aromatic nitrogens is 2. The number of imidazole rings is 1. The van der Waals surface area contributed by atoms with Crippen LogP contribution >= 0.6 is 0 Å². The molecule has 5 heteroatoms. The molecule has 0 aliphatic rings. The number of rotatable bonds is 2. The Balaban J connectivity index is 1.93. The number of phenolic OH excluding ortho intramolecular Hbond substituents is 1. The summed E-state index contributed by atoms with van der Waals surface area (Å²) in [7, 11) is 1.70. The summed E-state index contributed by atoms with van der Waals surface area (Å²) < 4.78 is 1.88. The molecular weight excluding hydrogens is 266 g/mol. The number of aryl methyl sites for hydroxylation is 1. The van der Waals surface area contributed by atoms with Crippen molar-refractivity contribution < 1.29 is 9.90 Å². The van der Waals surface area contributed by atoms with E-state index in [2.05, 4.69) is 4.98 Å². The van der Waals surface area contributed by atoms with E-state index in [1.165, 1.54) is 0 Å². The average Bonchev–Trinajstić information content (AvgIpc) is 2.85. The summed E-state index contributed by atoms with van der Waals surface area (Å²) in [5.41, 5.74) is 2.95. The Morgan fingerprint density at radius 3 is 2.67 bits per heavy atom. The predicted octanol–water partition coefficient (Wildman–Crippen LogP) is 2.62. The molecule has 0 spiro atoms. The van der Waals surface area contributed by atoms with E-state index in [0.29, 0.717) is 5.56 Å². The highest BCUT2D eigenvalue weighted by Crippen LogP contribution is 2.19. The SMILES string of the molecule is Cc1cn2ccc(C(=O)N(C)c3ccc(O)cc3)cc2n1. The van der Waals surface area contributed by atoms with E-state index >= 15 is 0 Å². The van der Waals surface area contributed by atoms with Gasteiger partial charge in [-0.2, -0.15) is 0 Å². The lowest BCUT2D eigenvalue weighted by atomic mass is 10.2. The number of fused-ring (bicyclic) bond motifs is 1. The molecule has 3 aromatic rings. The summed E-state index contributed by atoms with van der Waals surface area (Å²) >= 11 is 0. The number of carbonyl (C=O) groups is 1. The minimum Gasteiger partial charge on any atom is -0.508 e. The standard InChI is InChI=1S/C16H15N3O2/c1-11-10-19-8-7-12(9-15(19)17-11)16(21)18(2)13-3-5-14(20)6-4-13/h3-10,20H,1-2H3. The van der Waals surface area contributed by atoms with Gasteiger partial charge in [-0.1, -0.05) is 0 Å². The van der Waals surface area contributed by atoms with Gasteiger partial charge < -0.3 is 14.4 Å². The normalized spacial score (nSPS) is 10.8. The van der Waals surface area contributed by atoms with Gasteiger partial charge in [0, 0.05) is 30.7 Å². The van der Waals surface area contributed by atoms with Crippen molar-refractivity contribution in [1.82, 2.24) is 9.38 Å². The zero-order chi connectivity index (χ0) is 15.0. The first-order valence-corrected chi connectivity index (χ1v) is 6.57. The molecule has 0 saturated heterocycles. The second kappa shape index (κ2) is 4.94. The third-order valence-corrected chi connectivity index (χ3v) is 3.37. The number of hydrogen-bond donors (Lipinski definition) is 1. The Kier molecular flexibility index (Phi) is 3.10. The molecule has 106 valence electrons. The maximum atomic E-state index is 12.5.